The minimum atomic E-state index is 0.0699. The third-order valence-electron chi connectivity index (χ3n) is 4.11. The van der Waals surface area contributed by atoms with Crippen LogP contribution in [-0.4, -0.2) is 31.1 Å². The first kappa shape index (κ1) is 11.5. The van der Waals surface area contributed by atoms with Crippen LogP contribution in [0.15, 0.2) is 11.6 Å². The SMILES string of the molecule is CC[C@@]1(C2=CCCCC2)CNC(=O)N(C)C1. The van der Waals surface area contributed by atoms with Gasteiger partial charge in [-0.3, -0.25) is 0 Å². The van der Waals surface area contributed by atoms with E-state index in [0.717, 1.165) is 19.5 Å². The smallest absolute Gasteiger partial charge is 0.317 e. The molecule has 1 aliphatic carbocycles. The molecule has 3 heteroatoms. The second kappa shape index (κ2) is 4.48. The van der Waals surface area contributed by atoms with E-state index >= 15 is 0 Å². The van der Waals surface area contributed by atoms with Crippen LogP contribution in [0.4, 0.5) is 4.79 Å². The monoisotopic (exact) mass is 222 g/mol. The average Bonchev–Trinajstić information content (AvgIpc) is 2.34. The number of allylic oxidation sites excluding steroid dienone is 1. The molecule has 2 amide bonds. The normalized spacial score (nSPS) is 31.0. The van der Waals surface area contributed by atoms with Gasteiger partial charge < -0.3 is 10.2 Å². The summed E-state index contributed by atoms with van der Waals surface area (Å²) in [5.74, 6) is 0. The van der Waals surface area contributed by atoms with Gasteiger partial charge in [0.15, 0.2) is 0 Å². The molecule has 0 bridgehead atoms. The Balaban J connectivity index is 2.19. The van der Waals surface area contributed by atoms with E-state index in [9.17, 15) is 4.79 Å². The van der Waals surface area contributed by atoms with Crippen molar-refractivity contribution in [3.05, 3.63) is 11.6 Å². The lowest BCUT2D eigenvalue weighted by Crippen LogP contribution is -2.56. The summed E-state index contributed by atoms with van der Waals surface area (Å²) < 4.78 is 0. The molecule has 0 saturated carbocycles. The topological polar surface area (TPSA) is 32.3 Å². The van der Waals surface area contributed by atoms with Gasteiger partial charge in [-0.15, -0.1) is 0 Å². The van der Waals surface area contributed by atoms with Crippen molar-refractivity contribution in [3.63, 3.8) is 0 Å². The van der Waals surface area contributed by atoms with E-state index in [-0.39, 0.29) is 11.4 Å². The molecule has 0 unspecified atom stereocenters. The Morgan fingerprint density at radius 1 is 1.50 bits per heavy atom. The zero-order valence-corrected chi connectivity index (χ0v) is 10.4. The minimum absolute atomic E-state index is 0.0699. The summed E-state index contributed by atoms with van der Waals surface area (Å²) >= 11 is 0. The fourth-order valence-electron chi connectivity index (χ4n) is 2.96. The lowest BCUT2D eigenvalue weighted by atomic mass is 9.72. The van der Waals surface area contributed by atoms with Gasteiger partial charge in [0.2, 0.25) is 0 Å². The zero-order chi connectivity index (χ0) is 11.6. The number of urea groups is 1. The summed E-state index contributed by atoms with van der Waals surface area (Å²) in [5.41, 5.74) is 1.77. The Kier molecular flexibility index (Phi) is 3.22. The van der Waals surface area contributed by atoms with E-state index in [4.69, 9.17) is 0 Å². The molecule has 90 valence electrons. The van der Waals surface area contributed by atoms with E-state index in [0.29, 0.717) is 0 Å². The summed E-state index contributed by atoms with van der Waals surface area (Å²) in [6, 6.07) is 0.0699. The summed E-state index contributed by atoms with van der Waals surface area (Å²) in [7, 11) is 1.89. The Morgan fingerprint density at radius 3 is 2.88 bits per heavy atom. The maximum atomic E-state index is 11.5. The van der Waals surface area contributed by atoms with Crippen molar-refractivity contribution in [2.24, 2.45) is 5.41 Å². The molecule has 1 fully saturated rings. The Labute approximate surface area is 97.9 Å². The molecule has 0 radical (unpaired) electrons. The highest BCUT2D eigenvalue weighted by atomic mass is 16.2. The van der Waals surface area contributed by atoms with Crippen molar-refractivity contribution < 1.29 is 4.79 Å². The Morgan fingerprint density at radius 2 is 2.31 bits per heavy atom. The zero-order valence-electron chi connectivity index (χ0n) is 10.4. The lowest BCUT2D eigenvalue weighted by Gasteiger charge is -2.44. The van der Waals surface area contributed by atoms with Gasteiger partial charge in [-0.2, -0.15) is 0 Å². The molecule has 2 aliphatic rings. The van der Waals surface area contributed by atoms with Crippen LogP contribution in [0.25, 0.3) is 0 Å². The van der Waals surface area contributed by atoms with Crippen molar-refractivity contribution in [2.45, 2.75) is 39.0 Å². The van der Waals surface area contributed by atoms with Gasteiger partial charge in [-0.1, -0.05) is 18.6 Å². The van der Waals surface area contributed by atoms with Crippen LogP contribution in [0, 0.1) is 5.41 Å². The number of hydrogen-bond acceptors (Lipinski definition) is 1. The van der Waals surface area contributed by atoms with Crippen LogP contribution in [0.5, 0.6) is 0 Å². The van der Waals surface area contributed by atoms with Gasteiger partial charge in [0.1, 0.15) is 0 Å². The van der Waals surface area contributed by atoms with Crippen LogP contribution in [0.1, 0.15) is 39.0 Å². The highest BCUT2D eigenvalue weighted by Crippen LogP contribution is 2.38. The molecule has 1 saturated heterocycles. The van der Waals surface area contributed by atoms with Crippen LogP contribution < -0.4 is 5.32 Å². The molecule has 1 aliphatic heterocycles. The largest absolute Gasteiger partial charge is 0.337 e. The van der Waals surface area contributed by atoms with Crippen LogP contribution in [0.2, 0.25) is 0 Å². The predicted octanol–water partition coefficient (Wildman–Crippen LogP) is 2.54. The van der Waals surface area contributed by atoms with Gasteiger partial charge in [-0.25, -0.2) is 4.79 Å². The van der Waals surface area contributed by atoms with E-state index in [1.807, 2.05) is 11.9 Å². The molecule has 1 N–H and O–H groups in total. The number of carbonyl (C=O) groups is 1. The molecule has 0 aromatic heterocycles. The molecular formula is C13H22N2O. The number of hydrogen-bond donors (Lipinski definition) is 1. The number of rotatable bonds is 2. The van der Waals surface area contributed by atoms with Gasteiger partial charge in [0.05, 0.1) is 0 Å². The van der Waals surface area contributed by atoms with Gasteiger partial charge in [0.25, 0.3) is 0 Å². The van der Waals surface area contributed by atoms with Crippen LogP contribution in [0.3, 0.4) is 0 Å². The lowest BCUT2D eigenvalue weighted by molar-refractivity contribution is 0.146. The third-order valence-corrected chi connectivity index (χ3v) is 4.11. The summed E-state index contributed by atoms with van der Waals surface area (Å²) in [5, 5.41) is 3.02. The second-order valence-electron chi connectivity index (χ2n) is 5.12. The molecule has 0 aromatic rings. The summed E-state index contributed by atoms with van der Waals surface area (Å²) in [6.45, 7) is 3.93. The van der Waals surface area contributed by atoms with Gasteiger partial charge in [0, 0.05) is 25.6 Å². The number of nitrogens with one attached hydrogen (secondary N) is 1. The summed E-state index contributed by atoms with van der Waals surface area (Å²) in [6.07, 6.45) is 8.60. The molecular weight excluding hydrogens is 200 g/mol. The first-order valence-electron chi connectivity index (χ1n) is 6.36. The molecule has 16 heavy (non-hydrogen) atoms. The minimum Gasteiger partial charge on any atom is -0.337 e. The predicted molar refractivity (Wildman–Crippen MR) is 65.3 cm³/mol. The van der Waals surface area contributed by atoms with Crippen molar-refractivity contribution in [1.29, 1.82) is 0 Å². The number of amides is 2. The van der Waals surface area contributed by atoms with Crippen LogP contribution in [-0.2, 0) is 0 Å². The molecule has 2 rings (SSSR count). The molecule has 0 spiro atoms. The molecule has 0 aromatic carbocycles. The van der Waals surface area contributed by atoms with Crippen molar-refractivity contribution in [3.8, 4) is 0 Å². The fraction of sp³-hybridized carbons (Fsp3) is 0.769. The van der Waals surface area contributed by atoms with Crippen molar-refractivity contribution in [1.82, 2.24) is 10.2 Å². The first-order chi connectivity index (χ1) is 7.68. The average molecular weight is 222 g/mol. The van der Waals surface area contributed by atoms with E-state index in [2.05, 4.69) is 18.3 Å². The van der Waals surface area contributed by atoms with E-state index < -0.39 is 0 Å². The van der Waals surface area contributed by atoms with Gasteiger partial charge in [-0.05, 0) is 32.1 Å². The standard InChI is InChI=1S/C13H22N2O/c1-3-13(11-7-5-4-6-8-11)9-14-12(16)15(2)10-13/h7H,3-6,8-10H2,1-2H3,(H,14,16)/t13-/m1/s1. The third kappa shape index (κ3) is 1.95. The maximum Gasteiger partial charge on any atom is 0.317 e. The maximum absolute atomic E-state index is 11.5. The number of nitrogens with zero attached hydrogens (tertiary/aromatic N) is 1. The molecule has 3 nitrogen and oxygen atoms in total. The van der Waals surface area contributed by atoms with Gasteiger partial charge >= 0.3 is 6.03 Å². The Bertz CT molecular complexity index is 311. The Hall–Kier alpha value is -0.990. The number of carbonyl (C=O) groups excluding carboxylic acids is 1. The van der Waals surface area contributed by atoms with Crippen molar-refractivity contribution >= 4 is 6.03 Å². The quantitative estimate of drug-likeness (QED) is 0.715. The summed E-state index contributed by atoms with van der Waals surface area (Å²) in [4.78, 5) is 13.3. The van der Waals surface area contributed by atoms with Crippen molar-refractivity contribution in [2.75, 3.05) is 20.1 Å². The first-order valence-corrected chi connectivity index (χ1v) is 6.36. The highest BCUT2D eigenvalue weighted by Gasteiger charge is 2.38. The molecule has 1 atom stereocenters. The highest BCUT2D eigenvalue weighted by molar-refractivity contribution is 5.75. The van der Waals surface area contributed by atoms with E-state index in [1.54, 1.807) is 5.57 Å². The van der Waals surface area contributed by atoms with E-state index in [1.165, 1.54) is 25.7 Å². The molecule has 1 heterocycles. The fourth-order valence-corrected chi connectivity index (χ4v) is 2.96. The van der Waals surface area contributed by atoms with Crippen LogP contribution >= 0.6 is 0 Å². The second-order valence-corrected chi connectivity index (χ2v) is 5.12.